The van der Waals surface area contributed by atoms with Crippen LogP contribution in [0.15, 0.2) is 72.3 Å². The first-order valence-electron chi connectivity index (χ1n) is 11.7. The summed E-state index contributed by atoms with van der Waals surface area (Å²) < 4.78 is 11.2. The van der Waals surface area contributed by atoms with Crippen molar-refractivity contribution < 1.29 is 24.2 Å². The number of aryl methyl sites for hydroxylation is 1. The van der Waals surface area contributed by atoms with E-state index in [2.05, 4.69) is 13.8 Å². The Labute approximate surface area is 215 Å². The quantitative estimate of drug-likeness (QED) is 0.231. The number of halogens is 1. The topological polar surface area (TPSA) is 76.1 Å². The lowest BCUT2D eigenvalue weighted by Crippen LogP contribution is -2.29. The fourth-order valence-corrected chi connectivity index (χ4v) is 4.43. The maximum absolute atomic E-state index is 13.4. The Morgan fingerprint density at radius 1 is 1.06 bits per heavy atom. The molecule has 0 spiro atoms. The van der Waals surface area contributed by atoms with Gasteiger partial charge in [0.2, 0.25) is 0 Å². The van der Waals surface area contributed by atoms with Crippen LogP contribution in [0.1, 0.15) is 36.6 Å². The lowest BCUT2D eigenvalue weighted by atomic mass is 9.92. The highest BCUT2D eigenvalue weighted by atomic mass is 35.5. The zero-order chi connectivity index (χ0) is 26.0. The van der Waals surface area contributed by atoms with Crippen LogP contribution in [0, 0.1) is 12.8 Å². The number of ether oxygens (including phenoxy) is 2. The number of ketones is 1. The molecular weight excluding hydrogens is 478 g/mol. The van der Waals surface area contributed by atoms with Gasteiger partial charge >= 0.3 is 0 Å². The van der Waals surface area contributed by atoms with E-state index < -0.39 is 17.7 Å². The summed E-state index contributed by atoms with van der Waals surface area (Å²) >= 11 is 6.19. The zero-order valence-corrected chi connectivity index (χ0v) is 21.4. The van der Waals surface area contributed by atoms with Crippen LogP contribution in [0.25, 0.3) is 5.76 Å². The second kappa shape index (κ2) is 10.5. The number of aliphatic hydroxyl groups is 1. The summed E-state index contributed by atoms with van der Waals surface area (Å²) in [5, 5.41) is 11.8. The number of anilines is 1. The van der Waals surface area contributed by atoms with Gasteiger partial charge in [-0.25, -0.2) is 0 Å². The van der Waals surface area contributed by atoms with E-state index in [4.69, 9.17) is 21.1 Å². The second-order valence-electron chi connectivity index (χ2n) is 9.07. The van der Waals surface area contributed by atoms with Crippen LogP contribution in [-0.4, -0.2) is 30.5 Å². The van der Waals surface area contributed by atoms with Crippen molar-refractivity contribution >= 4 is 34.7 Å². The molecule has 1 atom stereocenters. The molecule has 7 heteroatoms. The van der Waals surface area contributed by atoms with Crippen molar-refractivity contribution in [2.24, 2.45) is 5.92 Å². The third-order valence-electron chi connectivity index (χ3n) is 6.04. The molecule has 4 rings (SSSR count). The Morgan fingerprint density at radius 2 is 1.75 bits per heavy atom. The van der Waals surface area contributed by atoms with Gasteiger partial charge in [0.05, 0.1) is 30.9 Å². The summed E-state index contributed by atoms with van der Waals surface area (Å²) in [4.78, 5) is 28.2. The number of hydrogen-bond acceptors (Lipinski definition) is 5. The van der Waals surface area contributed by atoms with Gasteiger partial charge in [-0.1, -0.05) is 49.7 Å². The summed E-state index contributed by atoms with van der Waals surface area (Å²) in [6.07, 6.45) is 0. The molecule has 1 amide bonds. The smallest absolute Gasteiger partial charge is 0.300 e. The third-order valence-corrected chi connectivity index (χ3v) is 6.28. The first kappa shape index (κ1) is 25.3. The Balaban J connectivity index is 1.88. The minimum absolute atomic E-state index is 0.0324. The van der Waals surface area contributed by atoms with Gasteiger partial charge in [-0.05, 0) is 66.4 Å². The summed E-state index contributed by atoms with van der Waals surface area (Å²) in [5.41, 5.74) is 2.31. The summed E-state index contributed by atoms with van der Waals surface area (Å²) in [6.45, 7) is 6.59. The molecule has 36 heavy (non-hydrogen) atoms. The molecule has 6 nitrogen and oxygen atoms in total. The largest absolute Gasteiger partial charge is 0.507 e. The van der Waals surface area contributed by atoms with E-state index >= 15 is 0 Å². The lowest BCUT2D eigenvalue weighted by Gasteiger charge is -2.27. The third kappa shape index (κ3) is 4.82. The van der Waals surface area contributed by atoms with Crippen LogP contribution in [-0.2, 0) is 9.59 Å². The van der Waals surface area contributed by atoms with E-state index in [1.807, 2.05) is 31.2 Å². The van der Waals surface area contributed by atoms with E-state index in [1.165, 1.54) is 18.1 Å². The number of nitrogens with zero attached hydrogens (tertiary/aromatic N) is 1. The number of methoxy groups -OCH3 is 1. The van der Waals surface area contributed by atoms with Crippen molar-refractivity contribution in [3.05, 3.63) is 94.0 Å². The zero-order valence-electron chi connectivity index (χ0n) is 20.6. The number of amides is 1. The molecule has 186 valence electrons. The summed E-state index contributed by atoms with van der Waals surface area (Å²) in [6, 6.07) is 18.4. The molecule has 1 aliphatic rings. The first-order chi connectivity index (χ1) is 17.2. The van der Waals surface area contributed by atoms with Crippen LogP contribution in [0.3, 0.4) is 0 Å². The molecule has 3 aromatic carbocycles. The van der Waals surface area contributed by atoms with Crippen molar-refractivity contribution in [3.63, 3.8) is 0 Å². The highest BCUT2D eigenvalue weighted by Crippen LogP contribution is 2.44. The van der Waals surface area contributed by atoms with Crippen LogP contribution in [0.4, 0.5) is 5.69 Å². The van der Waals surface area contributed by atoms with E-state index in [1.54, 1.807) is 36.4 Å². The second-order valence-corrected chi connectivity index (χ2v) is 9.51. The molecule has 0 aromatic heterocycles. The predicted octanol–water partition coefficient (Wildman–Crippen LogP) is 6.32. The molecule has 3 aromatic rings. The molecule has 1 unspecified atom stereocenters. The van der Waals surface area contributed by atoms with Crippen LogP contribution in [0.2, 0.25) is 5.02 Å². The van der Waals surface area contributed by atoms with Gasteiger partial charge in [-0.3, -0.25) is 14.5 Å². The minimum atomic E-state index is -0.850. The van der Waals surface area contributed by atoms with Gasteiger partial charge in [0.15, 0.2) is 0 Å². The van der Waals surface area contributed by atoms with Crippen molar-refractivity contribution in [2.75, 3.05) is 18.6 Å². The highest BCUT2D eigenvalue weighted by molar-refractivity contribution is 6.51. The molecule has 1 N–H and O–H groups in total. The summed E-state index contributed by atoms with van der Waals surface area (Å²) in [7, 11) is 1.46. The number of benzene rings is 3. The average molecular weight is 506 g/mol. The van der Waals surface area contributed by atoms with Crippen LogP contribution < -0.4 is 14.4 Å². The van der Waals surface area contributed by atoms with Crippen LogP contribution in [0.5, 0.6) is 11.5 Å². The molecule has 0 bridgehead atoms. The standard InChI is InChI=1S/C29H28ClNO5/c1-17(2)16-36-21-12-10-20(11-13-21)31-26(22-8-6-5-7-18(22)3)25(28(33)29(31)34)27(32)23-15-19(30)9-14-24(23)35-4/h5-15,17,26,32H,16H2,1-4H3/b27-25+. The van der Waals surface area contributed by atoms with E-state index in [-0.39, 0.29) is 16.9 Å². The Hall–Kier alpha value is -3.77. The normalized spacial score (nSPS) is 17.1. The predicted molar refractivity (Wildman–Crippen MR) is 141 cm³/mol. The molecule has 1 fully saturated rings. The Bertz CT molecular complexity index is 1330. The van der Waals surface area contributed by atoms with E-state index in [0.29, 0.717) is 34.7 Å². The lowest BCUT2D eigenvalue weighted by molar-refractivity contribution is -0.132. The molecule has 1 aliphatic heterocycles. The number of carbonyl (C=O) groups excluding carboxylic acids is 2. The summed E-state index contributed by atoms with van der Waals surface area (Å²) in [5.74, 6) is -0.504. The first-order valence-corrected chi connectivity index (χ1v) is 12.0. The molecule has 0 aliphatic carbocycles. The SMILES string of the molecule is COc1ccc(Cl)cc1/C(O)=C1\C(=O)C(=O)N(c2ccc(OCC(C)C)cc2)C1c1ccccc1C. The number of Topliss-reactive ketones (excluding diaryl/α,β-unsaturated/α-hetero) is 1. The molecule has 0 saturated carbocycles. The van der Waals surface area contributed by atoms with E-state index in [9.17, 15) is 14.7 Å². The van der Waals surface area contributed by atoms with Gasteiger partial charge in [0.25, 0.3) is 11.7 Å². The number of hydrogen-bond donors (Lipinski definition) is 1. The molecule has 0 radical (unpaired) electrons. The number of carbonyl (C=O) groups is 2. The minimum Gasteiger partial charge on any atom is -0.507 e. The maximum atomic E-state index is 13.4. The van der Waals surface area contributed by atoms with Crippen molar-refractivity contribution in [2.45, 2.75) is 26.8 Å². The van der Waals surface area contributed by atoms with Crippen molar-refractivity contribution in [1.82, 2.24) is 0 Å². The number of rotatable bonds is 7. The molecule has 1 saturated heterocycles. The Kier molecular flexibility index (Phi) is 7.36. The van der Waals surface area contributed by atoms with Gasteiger partial charge < -0.3 is 14.6 Å². The van der Waals surface area contributed by atoms with E-state index in [0.717, 1.165) is 11.1 Å². The van der Waals surface area contributed by atoms with Crippen LogP contribution >= 0.6 is 11.6 Å². The molecular formula is C29H28ClNO5. The molecule has 1 heterocycles. The van der Waals surface area contributed by atoms with Crippen molar-refractivity contribution in [3.8, 4) is 11.5 Å². The van der Waals surface area contributed by atoms with Crippen molar-refractivity contribution in [1.29, 1.82) is 0 Å². The highest BCUT2D eigenvalue weighted by Gasteiger charge is 2.47. The fourth-order valence-electron chi connectivity index (χ4n) is 4.26. The average Bonchev–Trinajstić information content (AvgIpc) is 3.13. The van der Waals surface area contributed by atoms with Gasteiger partial charge in [0.1, 0.15) is 17.3 Å². The van der Waals surface area contributed by atoms with Gasteiger partial charge in [0, 0.05) is 10.7 Å². The van der Waals surface area contributed by atoms with Gasteiger partial charge in [-0.2, -0.15) is 0 Å². The maximum Gasteiger partial charge on any atom is 0.300 e. The van der Waals surface area contributed by atoms with Gasteiger partial charge in [-0.15, -0.1) is 0 Å². The monoisotopic (exact) mass is 505 g/mol. The Morgan fingerprint density at radius 3 is 2.39 bits per heavy atom. The number of aliphatic hydroxyl groups excluding tert-OH is 1. The fraction of sp³-hybridized carbons (Fsp3) is 0.241.